The number of nitrogens with one attached hydrogen (secondary N) is 1. The first kappa shape index (κ1) is 25.8. The summed E-state index contributed by atoms with van der Waals surface area (Å²) < 4.78 is 38.2. The number of anilines is 2. The van der Waals surface area contributed by atoms with Gasteiger partial charge in [-0.3, -0.25) is 4.79 Å². The van der Waals surface area contributed by atoms with Gasteiger partial charge < -0.3 is 19.7 Å². The van der Waals surface area contributed by atoms with Gasteiger partial charge in [-0.2, -0.15) is 4.31 Å². The van der Waals surface area contributed by atoms with Gasteiger partial charge in [0, 0.05) is 32.6 Å². The highest BCUT2D eigenvalue weighted by Gasteiger charge is 2.25. The van der Waals surface area contributed by atoms with E-state index in [1.807, 2.05) is 38.1 Å². The van der Waals surface area contributed by atoms with Crippen molar-refractivity contribution in [2.75, 3.05) is 50.6 Å². The van der Waals surface area contributed by atoms with Gasteiger partial charge in [0.05, 0.1) is 30.5 Å². The zero-order valence-electron chi connectivity index (χ0n) is 20.5. The van der Waals surface area contributed by atoms with E-state index in [1.165, 1.54) is 4.31 Å². The molecule has 0 saturated carbocycles. The lowest BCUT2D eigenvalue weighted by molar-refractivity contribution is -0.116. The second kappa shape index (κ2) is 11.6. The average molecular weight is 490 g/mol. The van der Waals surface area contributed by atoms with Gasteiger partial charge in [0.1, 0.15) is 0 Å². The second-order valence-corrected chi connectivity index (χ2v) is 10.1. The molecule has 1 fully saturated rings. The van der Waals surface area contributed by atoms with Crippen LogP contribution >= 0.6 is 0 Å². The van der Waals surface area contributed by atoms with Crippen molar-refractivity contribution in [3.63, 3.8) is 0 Å². The number of sulfonamides is 1. The van der Waals surface area contributed by atoms with Crippen molar-refractivity contribution in [2.45, 2.75) is 44.4 Å². The van der Waals surface area contributed by atoms with Gasteiger partial charge in [-0.1, -0.05) is 19.9 Å². The minimum Gasteiger partial charge on any atom is -0.493 e. The molecule has 0 atom stereocenters. The lowest BCUT2D eigenvalue weighted by Crippen LogP contribution is -2.31. The number of nitrogens with zero attached hydrogens (tertiary/aromatic N) is 2. The van der Waals surface area contributed by atoms with E-state index in [4.69, 9.17) is 9.47 Å². The van der Waals surface area contributed by atoms with E-state index in [-0.39, 0.29) is 17.2 Å². The van der Waals surface area contributed by atoms with Crippen LogP contribution in [0.25, 0.3) is 0 Å². The topological polar surface area (TPSA) is 88.2 Å². The van der Waals surface area contributed by atoms with Crippen molar-refractivity contribution in [1.29, 1.82) is 0 Å². The summed E-state index contributed by atoms with van der Waals surface area (Å²) in [6.45, 7) is 6.18. The van der Waals surface area contributed by atoms with E-state index in [2.05, 4.69) is 10.2 Å². The minimum absolute atomic E-state index is 0.174. The van der Waals surface area contributed by atoms with E-state index in [9.17, 15) is 13.2 Å². The highest BCUT2D eigenvalue weighted by atomic mass is 32.2. The minimum atomic E-state index is -3.63. The van der Waals surface area contributed by atoms with Crippen LogP contribution < -0.4 is 19.7 Å². The third-order valence-electron chi connectivity index (χ3n) is 6.12. The number of hydrogen-bond donors (Lipinski definition) is 1. The molecule has 9 heteroatoms. The van der Waals surface area contributed by atoms with E-state index >= 15 is 0 Å². The maximum absolute atomic E-state index is 13.1. The Morgan fingerprint density at radius 2 is 1.68 bits per heavy atom. The molecule has 2 aromatic rings. The van der Waals surface area contributed by atoms with E-state index in [0.29, 0.717) is 36.7 Å². The number of rotatable bonds is 11. The predicted molar refractivity (Wildman–Crippen MR) is 134 cm³/mol. The molecule has 0 spiro atoms. The molecule has 1 amide bonds. The molecule has 186 valence electrons. The molecule has 1 N–H and O–H groups in total. The zero-order valence-corrected chi connectivity index (χ0v) is 21.3. The summed E-state index contributed by atoms with van der Waals surface area (Å²) in [6.07, 6.45) is 2.92. The number of hydrogen-bond acceptors (Lipinski definition) is 6. The monoisotopic (exact) mass is 489 g/mol. The van der Waals surface area contributed by atoms with Gasteiger partial charge in [0.25, 0.3) is 0 Å². The Kier molecular flexibility index (Phi) is 8.79. The summed E-state index contributed by atoms with van der Waals surface area (Å²) in [7, 11) is -0.474. The molecule has 34 heavy (non-hydrogen) atoms. The highest BCUT2D eigenvalue weighted by molar-refractivity contribution is 7.89. The molecule has 0 unspecified atom stereocenters. The molecule has 1 heterocycles. The van der Waals surface area contributed by atoms with Crippen molar-refractivity contribution in [1.82, 2.24) is 4.31 Å². The first-order chi connectivity index (χ1) is 16.3. The van der Waals surface area contributed by atoms with Crippen molar-refractivity contribution in [3.05, 3.63) is 42.0 Å². The number of amides is 1. The van der Waals surface area contributed by atoms with Gasteiger partial charge in [0.15, 0.2) is 11.5 Å². The normalized spacial score (nSPS) is 13.9. The Morgan fingerprint density at radius 3 is 2.29 bits per heavy atom. The van der Waals surface area contributed by atoms with Gasteiger partial charge in [-0.15, -0.1) is 0 Å². The van der Waals surface area contributed by atoms with Crippen LogP contribution in [0, 0.1) is 0 Å². The third-order valence-corrected chi connectivity index (χ3v) is 8.17. The van der Waals surface area contributed by atoms with Crippen LogP contribution in [0.2, 0.25) is 0 Å². The number of ether oxygens (including phenoxy) is 2. The lowest BCUT2D eigenvalue weighted by Gasteiger charge is -2.24. The standard InChI is InChI=1S/C25H35N3O5S/c1-5-28(6-2)34(30,31)20-11-12-22(27-15-7-8-16-27)21(18-20)26-25(29)14-10-19-9-13-23(32-3)24(17-19)33-4/h9,11-13,17-18H,5-8,10,14-16H2,1-4H3,(H,26,29). The van der Waals surface area contributed by atoms with Gasteiger partial charge in [-0.25, -0.2) is 8.42 Å². The van der Waals surface area contributed by atoms with Crippen LogP contribution in [0.1, 0.15) is 38.7 Å². The molecule has 1 saturated heterocycles. The molecule has 0 bridgehead atoms. The molecule has 0 aromatic heterocycles. The quantitative estimate of drug-likeness (QED) is 0.515. The average Bonchev–Trinajstić information content (AvgIpc) is 3.38. The Hall–Kier alpha value is -2.78. The summed E-state index contributed by atoms with van der Waals surface area (Å²) in [5.41, 5.74) is 2.34. The Morgan fingerprint density at radius 1 is 1.00 bits per heavy atom. The number of aryl methyl sites for hydroxylation is 1. The smallest absolute Gasteiger partial charge is 0.243 e. The predicted octanol–water partition coefficient (Wildman–Crippen LogP) is 3.91. The van der Waals surface area contributed by atoms with Crippen LogP contribution in [-0.4, -0.2) is 59.0 Å². The van der Waals surface area contributed by atoms with Gasteiger partial charge >= 0.3 is 0 Å². The fourth-order valence-corrected chi connectivity index (χ4v) is 5.71. The summed E-state index contributed by atoms with van der Waals surface area (Å²) >= 11 is 0. The first-order valence-corrected chi connectivity index (χ1v) is 13.2. The Labute approximate surface area is 202 Å². The molecule has 1 aliphatic rings. The maximum Gasteiger partial charge on any atom is 0.243 e. The van der Waals surface area contributed by atoms with Crippen LogP contribution in [0.5, 0.6) is 11.5 Å². The van der Waals surface area contributed by atoms with Gasteiger partial charge in [-0.05, 0) is 55.2 Å². The van der Waals surface area contributed by atoms with Crippen LogP contribution in [0.4, 0.5) is 11.4 Å². The van der Waals surface area contributed by atoms with E-state index in [0.717, 1.165) is 37.2 Å². The van der Waals surface area contributed by atoms with Crippen LogP contribution in [0.15, 0.2) is 41.3 Å². The molecule has 3 rings (SSSR count). The molecule has 0 aliphatic carbocycles. The molecule has 0 radical (unpaired) electrons. The zero-order chi connectivity index (χ0) is 24.7. The number of carbonyl (C=O) groups is 1. The second-order valence-electron chi connectivity index (χ2n) is 8.20. The largest absolute Gasteiger partial charge is 0.493 e. The number of benzene rings is 2. The lowest BCUT2D eigenvalue weighted by atomic mass is 10.1. The SMILES string of the molecule is CCN(CC)S(=O)(=O)c1ccc(N2CCCC2)c(NC(=O)CCc2ccc(OC)c(OC)c2)c1. The Bertz CT molecular complexity index is 1090. The molecule has 1 aliphatic heterocycles. The summed E-state index contributed by atoms with van der Waals surface area (Å²) in [5, 5.41) is 2.98. The van der Waals surface area contributed by atoms with Crippen LogP contribution in [-0.2, 0) is 21.2 Å². The number of carbonyl (C=O) groups excluding carboxylic acids is 1. The third kappa shape index (κ3) is 5.82. The summed E-state index contributed by atoms with van der Waals surface area (Å²) in [5.74, 6) is 1.08. The Balaban J connectivity index is 1.81. The highest BCUT2D eigenvalue weighted by Crippen LogP contribution is 2.33. The summed E-state index contributed by atoms with van der Waals surface area (Å²) in [4.78, 5) is 15.3. The maximum atomic E-state index is 13.1. The van der Waals surface area contributed by atoms with E-state index in [1.54, 1.807) is 26.4 Å². The van der Waals surface area contributed by atoms with Crippen molar-refractivity contribution in [2.24, 2.45) is 0 Å². The van der Waals surface area contributed by atoms with Crippen LogP contribution in [0.3, 0.4) is 0 Å². The molecule has 8 nitrogen and oxygen atoms in total. The fourth-order valence-electron chi connectivity index (χ4n) is 4.23. The van der Waals surface area contributed by atoms with Crippen molar-refractivity contribution in [3.8, 4) is 11.5 Å². The van der Waals surface area contributed by atoms with E-state index < -0.39 is 10.0 Å². The molecular formula is C25H35N3O5S. The fraction of sp³-hybridized carbons (Fsp3) is 0.480. The molecule has 2 aromatic carbocycles. The van der Waals surface area contributed by atoms with Crippen molar-refractivity contribution < 1.29 is 22.7 Å². The van der Waals surface area contributed by atoms with Crippen molar-refractivity contribution >= 4 is 27.3 Å². The number of methoxy groups -OCH3 is 2. The molecular weight excluding hydrogens is 454 g/mol. The first-order valence-electron chi connectivity index (χ1n) is 11.7. The van der Waals surface area contributed by atoms with Gasteiger partial charge in [0.2, 0.25) is 15.9 Å². The summed E-state index contributed by atoms with van der Waals surface area (Å²) in [6, 6.07) is 10.6.